The molecule has 100 valence electrons. The lowest BCUT2D eigenvalue weighted by molar-refractivity contribution is -0.137. The van der Waals surface area contributed by atoms with Gasteiger partial charge in [-0.2, -0.15) is 13.2 Å². The molecule has 0 aromatic heterocycles. The highest BCUT2D eigenvalue weighted by Gasteiger charge is 2.31. The molecule has 0 unspecified atom stereocenters. The summed E-state index contributed by atoms with van der Waals surface area (Å²) in [6.07, 6.45) is -3.81. The third kappa shape index (κ3) is 3.63. The van der Waals surface area contributed by atoms with E-state index in [2.05, 4.69) is 0 Å². The summed E-state index contributed by atoms with van der Waals surface area (Å²) in [5, 5.41) is 0. The Labute approximate surface area is 108 Å². The van der Waals surface area contributed by atoms with Gasteiger partial charge in [0.25, 0.3) is 0 Å². The smallest absolute Gasteiger partial charge is 0.416 e. The SMILES string of the molecule is CCCOc1ccc(C(F)(F)F)cc1C(=O)CCl. The van der Waals surface area contributed by atoms with Crippen molar-refractivity contribution >= 4 is 17.4 Å². The van der Waals surface area contributed by atoms with Crippen molar-refractivity contribution < 1.29 is 22.7 Å². The van der Waals surface area contributed by atoms with Gasteiger partial charge in [0.05, 0.1) is 23.6 Å². The number of rotatable bonds is 5. The molecule has 0 N–H and O–H groups in total. The topological polar surface area (TPSA) is 26.3 Å². The van der Waals surface area contributed by atoms with Gasteiger partial charge in [-0.05, 0) is 24.6 Å². The number of hydrogen-bond donors (Lipinski definition) is 0. The van der Waals surface area contributed by atoms with E-state index in [1.54, 1.807) is 0 Å². The number of Topliss-reactive ketones (excluding diaryl/α,β-unsaturated/α-hetero) is 1. The molecule has 0 heterocycles. The molecule has 0 spiro atoms. The Balaban J connectivity index is 3.16. The molecule has 0 bridgehead atoms. The van der Waals surface area contributed by atoms with E-state index >= 15 is 0 Å². The number of hydrogen-bond acceptors (Lipinski definition) is 2. The van der Waals surface area contributed by atoms with Crippen molar-refractivity contribution in [1.82, 2.24) is 0 Å². The van der Waals surface area contributed by atoms with Crippen LogP contribution in [0.2, 0.25) is 0 Å². The quantitative estimate of drug-likeness (QED) is 0.604. The van der Waals surface area contributed by atoms with Gasteiger partial charge < -0.3 is 4.74 Å². The van der Waals surface area contributed by atoms with Crippen LogP contribution in [0.5, 0.6) is 5.75 Å². The second kappa shape index (κ2) is 6.09. The van der Waals surface area contributed by atoms with Gasteiger partial charge in [-0.1, -0.05) is 6.92 Å². The van der Waals surface area contributed by atoms with Gasteiger partial charge >= 0.3 is 6.18 Å². The number of carbonyl (C=O) groups is 1. The van der Waals surface area contributed by atoms with Gasteiger partial charge in [0.15, 0.2) is 5.78 Å². The number of ether oxygens (including phenoxy) is 1. The van der Waals surface area contributed by atoms with E-state index in [1.165, 1.54) is 0 Å². The third-order valence-electron chi connectivity index (χ3n) is 2.19. The van der Waals surface area contributed by atoms with Gasteiger partial charge in [0, 0.05) is 0 Å². The highest BCUT2D eigenvalue weighted by Crippen LogP contribution is 2.32. The number of benzene rings is 1. The first-order valence-electron chi connectivity index (χ1n) is 5.33. The second-order valence-electron chi connectivity index (χ2n) is 3.61. The van der Waals surface area contributed by atoms with Crippen molar-refractivity contribution in [3.8, 4) is 5.75 Å². The Bertz CT molecular complexity index is 430. The van der Waals surface area contributed by atoms with Crippen LogP contribution in [0.15, 0.2) is 18.2 Å². The lowest BCUT2D eigenvalue weighted by atomic mass is 10.1. The Morgan fingerprint density at radius 1 is 1.39 bits per heavy atom. The van der Waals surface area contributed by atoms with Crippen molar-refractivity contribution in [2.45, 2.75) is 19.5 Å². The van der Waals surface area contributed by atoms with Crippen LogP contribution < -0.4 is 4.74 Å². The van der Waals surface area contributed by atoms with Gasteiger partial charge in [-0.3, -0.25) is 4.79 Å². The summed E-state index contributed by atoms with van der Waals surface area (Å²) in [7, 11) is 0. The summed E-state index contributed by atoms with van der Waals surface area (Å²) in [4.78, 5) is 11.5. The normalized spacial score (nSPS) is 11.4. The number of carbonyl (C=O) groups excluding carboxylic acids is 1. The van der Waals surface area contributed by atoms with Crippen LogP contribution in [0, 0.1) is 0 Å². The average Bonchev–Trinajstić information content (AvgIpc) is 2.34. The molecule has 18 heavy (non-hydrogen) atoms. The number of alkyl halides is 4. The second-order valence-corrected chi connectivity index (χ2v) is 3.88. The molecule has 0 aliphatic rings. The van der Waals surface area contributed by atoms with E-state index in [1.807, 2.05) is 6.92 Å². The Hall–Kier alpha value is -1.23. The van der Waals surface area contributed by atoms with Gasteiger partial charge in [0.1, 0.15) is 5.75 Å². The van der Waals surface area contributed by atoms with Crippen LogP contribution in [0.25, 0.3) is 0 Å². The van der Waals surface area contributed by atoms with Crippen LogP contribution in [0.1, 0.15) is 29.3 Å². The molecule has 0 aliphatic heterocycles. The van der Waals surface area contributed by atoms with Crippen LogP contribution in [0.4, 0.5) is 13.2 Å². The largest absolute Gasteiger partial charge is 0.493 e. The Morgan fingerprint density at radius 2 is 2.06 bits per heavy atom. The van der Waals surface area contributed by atoms with Crippen molar-refractivity contribution in [3.05, 3.63) is 29.3 Å². The number of ketones is 1. The highest BCUT2D eigenvalue weighted by molar-refractivity contribution is 6.30. The van der Waals surface area contributed by atoms with E-state index in [9.17, 15) is 18.0 Å². The monoisotopic (exact) mass is 280 g/mol. The van der Waals surface area contributed by atoms with Gasteiger partial charge in [-0.25, -0.2) is 0 Å². The molecule has 6 heteroatoms. The maximum absolute atomic E-state index is 12.5. The molecule has 0 saturated heterocycles. The molecular formula is C12H12ClF3O2. The maximum Gasteiger partial charge on any atom is 0.416 e. The first-order valence-corrected chi connectivity index (χ1v) is 5.86. The lowest BCUT2D eigenvalue weighted by Gasteiger charge is -2.13. The summed E-state index contributed by atoms with van der Waals surface area (Å²) in [6, 6.07) is 2.81. The Morgan fingerprint density at radius 3 is 2.56 bits per heavy atom. The van der Waals surface area contributed by atoms with E-state index in [0.29, 0.717) is 13.0 Å². The molecule has 1 rings (SSSR count). The predicted molar refractivity (Wildman–Crippen MR) is 62.3 cm³/mol. The molecule has 0 fully saturated rings. The fraction of sp³-hybridized carbons (Fsp3) is 0.417. The summed E-state index contributed by atoms with van der Waals surface area (Å²) in [5.41, 5.74) is -1.02. The minimum Gasteiger partial charge on any atom is -0.493 e. The van der Waals surface area contributed by atoms with E-state index in [-0.39, 0.29) is 17.2 Å². The molecular weight excluding hydrogens is 269 g/mol. The van der Waals surface area contributed by atoms with Crippen LogP contribution in [0.3, 0.4) is 0 Å². The van der Waals surface area contributed by atoms with Crippen molar-refractivity contribution in [3.63, 3.8) is 0 Å². The molecule has 0 saturated carbocycles. The Kier molecular flexibility index (Phi) is 5.02. The van der Waals surface area contributed by atoms with Crippen molar-refractivity contribution in [2.24, 2.45) is 0 Å². The highest BCUT2D eigenvalue weighted by atomic mass is 35.5. The van der Waals surface area contributed by atoms with Crippen molar-refractivity contribution in [2.75, 3.05) is 12.5 Å². The van der Waals surface area contributed by atoms with Gasteiger partial charge in [-0.15, -0.1) is 11.6 Å². The average molecular weight is 281 g/mol. The molecule has 2 nitrogen and oxygen atoms in total. The first-order chi connectivity index (χ1) is 8.40. The lowest BCUT2D eigenvalue weighted by Crippen LogP contribution is -2.10. The van der Waals surface area contributed by atoms with Crippen LogP contribution >= 0.6 is 11.6 Å². The van der Waals surface area contributed by atoms with Crippen LogP contribution in [-0.2, 0) is 6.18 Å². The van der Waals surface area contributed by atoms with E-state index in [0.717, 1.165) is 18.2 Å². The zero-order valence-electron chi connectivity index (χ0n) is 9.68. The zero-order valence-corrected chi connectivity index (χ0v) is 10.4. The molecule has 0 aliphatic carbocycles. The third-order valence-corrected chi connectivity index (χ3v) is 2.43. The fourth-order valence-corrected chi connectivity index (χ4v) is 1.48. The predicted octanol–water partition coefficient (Wildman–Crippen LogP) is 3.92. The first kappa shape index (κ1) is 14.8. The van der Waals surface area contributed by atoms with Gasteiger partial charge in [0.2, 0.25) is 0 Å². The van der Waals surface area contributed by atoms with E-state index < -0.39 is 17.5 Å². The minimum absolute atomic E-state index is 0.131. The summed E-state index contributed by atoms with van der Waals surface area (Å²) < 4.78 is 42.8. The molecule has 0 amide bonds. The zero-order chi connectivity index (χ0) is 13.8. The summed E-state index contributed by atoms with van der Waals surface area (Å²) >= 11 is 5.37. The maximum atomic E-state index is 12.5. The standard InChI is InChI=1S/C12H12ClF3O2/c1-2-5-18-11-4-3-8(12(14,15)16)6-9(11)10(17)7-13/h3-4,6H,2,5,7H2,1H3. The molecule has 1 aromatic carbocycles. The number of halogens is 4. The summed E-state index contributed by atoms with van der Waals surface area (Å²) in [6.45, 7) is 2.18. The van der Waals surface area contributed by atoms with E-state index in [4.69, 9.17) is 16.3 Å². The molecule has 0 atom stereocenters. The fourth-order valence-electron chi connectivity index (χ4n) is 1.33. The summed E-state index contributed by atoms with van der Waals surface area (Å²) in [5.74, 6) is -0.839. The molecule has 1 aromatic rings. The minimum atomic E-state index is -4.50. The molecule has 0 radical (unpaired) electrons. The van der Waals surface area contributed by atoms with Crippen molar-refractivity contribution in [1.29, 1.82) is 0 Å². The van der Waals surface area contributed by atoms with Crippen LogP contribution in [-0.4, -0.2) is 18.3 Å².